The molecular weight excluding hydrogens is 466 g/mol. The highest BCUT2D eigenvalue weighted by Crippen LogP contribution is 2.29. The molecule has 2 aromatic heterocycles. The second kappa shape index (κ2) is 11.8. The van der Waals surface area contributed by atoms with Gasteiger partial charge in [0.1, 0.15) is 5.82 Å². The lowest BCUT2D eigenvalue weighted by molar-refractivity contribution is -0.384. The monoisotopic (exact) mass is 495 g/mol. The number of nitro benzene ring substituents is 1. The molecule has 0 spiro atoms. The molecule has 4 rings (SSSR count). The SMILES string of the molecule is CCCSc1nc(N2CCCCC2)c2cnn(CCNC(=O)/C=C\c3ccc([N+](=O)[O-])cc3)c2n1. The number of anilines is 1. The minimum absolute atomic E-state index is 0.0153. The van der Waals surface area contributed by atoms with Crippen molar-refractivity contribution in [1.29, 1.82) is 0 Å². The average molecular weight is 496 g/mol. The van der Waals surface area contributed by atoms with E-state index >= 15 is 0 Å². The highest BCUT2D eigenvalue weighted by Gasteiger charge is 2.20. The molecule has 0 radical (unpaired) electrons. The number of benzene rings is 1. The Bertz CT molecular complexity index is 1200. The topological polar surface area (TPSA) is 119 Å². The van der Waals surface area contributed by atoms with Gasteiger partial charge in [-0.05, 0) is 49.5 Å². The van der Waals surface area contributed by atoms with E-state index in [9.17, 15) is 14.9 Å². The maximum absolute atomic E-state index is 12.2. The Labute approximate surface area is 208 Å². The lowest BCUT2D eigenvalue weighted by Crippen LogP contribution is -2.30. The van der Waals surface area contributed by atoms with Crippen LogP contribution in [0.3, 0.4) is 0 Å². The van der Waals surface area contributed by atoms with Crippen LogP contribution in [-0.2, 0) is 11.3 Å². The first-order valence-corrected chi connectivity index (χ1v) is 12.9. The number of nitrogens with one attached hydrogen (secondary N) is 1. The van der Waals surface area contributed by atoms with Crippen LogP contribution >= 0.6 is 11.8 Å². The maximum atomic E-state index is 12.2. The van der Waals surface area contributed by atoms with E-state index in [1.807, 2.05) is 10.9 Å². The van der Waals surface area contributed by atoms with Gasteiger partial charge < -0.3 is 10.2 Å². The van der Waals surface area contributed by atoms with Gasteiger partial charge in [0.25, 0.3) is 5.69 Å². The van der Waals surface area contributed by atoms with Crippen LogP contribution in [0.1, 0.15) is 38.2 Å². The van der Waals surface area contributed by atoms with Gasteiger partial charge in [0.05, 0.1) is 23.1 Å². The molecule has 0 aliphatic carbocycles. The van der Waals surface area contributed by atoms with Crippen LogP contribution < -0.4 is 10.2 Å². The number of aromatic nitrogens is 4. The number of amides is 1. The van der Waals surface area contributed by atoms with Crippen molar-refractivity contribution in [2.75, 3.05) is 30.3 Å². The van der Waals surface area contributed by atoms with E-state index in [4.69, 9.17) is 9.97 Å². The molecule has 1 aliphatic rings. The Morgan fingerprint density at radius 2 is 1.97 bits per heavy atom. The maximum Gasteiger partial charge on any atom is 0.269 e. The van der Waals surface area contributed by atoms with Gasteiger partial charge in [0.15, 0.2) is 10.8 Å². The molecule has 3 heterocycles. The quantitative estimate of drug-likeness (QED) is 0.147. The second-order valence-corrected chi connectivity index (χ2v) is 9.37. The first kappa shape index (κ1) is 24.6. The van der Waals surface area contributed by atoms with Crippen LogP contribution in [0.15, 0.2) is 41.7 Å². The van der Waals surface area contributed by atoms with Crippen molar-refractivity contribution in [1.82, 2.24) is 25.1 Å². The minimum Gasteiger partial charge on any atom is -0.356 e. The number of thioether (sulfide) groups is 1. The lowest BCUT2D eigenvalue weighted by atomic mass is 10.1. The van der Waals surface area contributed by atoms with E-state index in [1.54, 1.807) is 30.0 Å². The molecule has 0 unspecified atom stereocenters. The molecule has 1 amide bonds. The van der Waals surface area contributed by atoms with Gasteiger partial charge in [0.2, 0.25) is 5.91 Å². The number of rotatable bonds is 10. The summed E-state index contributed by atoms with van der Waals surface area (Å²) < 4.78 is 1.82. The number of piperidine rings is 1. The number of carbonyl (C=O) groups excluding carboxylic acids is 1. The van der Waals surface area contributed by atoms with Gasteiger partial charge in [-0.15, -0.1) is 0 Å². The Kier molecular flexibility index (Phi) is 8.30. The molecule has 1 N–H and O–H groups in total. The third-order valence-corrected chi connectivity index (χ3v) is 6.75. The molecule has 3 aromatic rings. The van der Waals surface area contributed by atoms with Crippen LogP contribution in [0.4, 0.5) is 11.5 Å². The van der Waals surface area contributed by atoms with Crippen molar-refractivity contribution in [3.05, 3.63) is 52.2 Å². The first-order chi connectivity index (χ1) is 17.0. The van der Waals surface area contributed by atoms with Crippen molar-refractivity contribution in [2.45, 2.75) is 44.3 Å². The van der Waals surface area contributed by atoms with Crippen molar-refractivity contribution in [3.8, 4) is 0 Å². The van der Waals surface area contributed by atoms with Gasteiger partial charge in [-0.2, -0.15) is 5.10 Å². The van der Waals surface area contributed by atoms with Crippen molar-refractivity contribution in [2.24, 2.45) is 0 Å². The second-order valence-electron chi connectivity index (χ2n) is 8.30. The molecule has 1 aromatic carbocycles. The van der Waals surface area contributed by atoms with E-state index < -0.39 is 4.92 Å². The zero-order valence-electron chi connectivity index (χ0n) is 19.7. The molecule has 11 heteroatoms. The molecular formula is C24H29N7O3S. The third kappa shape index (κ3) is 6.36. The molecule has 184 valence electrons. The summed E-state index contributed by atoms with van der Waals surface area (Å²) >= 11 is 1.65. The summed E-state index contributed by atoms with van der Waals surface area (Å²) in [6, 6.07) is 6.03. The summed E-state index contributed by atoms with van der Waals surface area (Å²) in [6.07, 6.45) is 9.48. The number of carbonyl (C=O) groups is 1. The summed E-state index contributed by atoms with van der Waals surface area (Å²) in [5, 5.41) is 19.8. The van der Waals surface area contributed by atoms with E-state index in [0.717, 1.165) is 60.1 Å². The van der Waals surface area contributed by atoms with E-state index in [1.165, 1.54) is 24.6 Å². The van der Waals surface area contributed by atoms with Gasteiger partial charge in [-0.25, -0.2) is 14.6 Å². The van der Waals surface area contributed by atoms with E-state index in [-0.39, 0.29) is 11.6 Å². The molecule has 10 nitrogen and oxygen atoms in total. The fraction of sp³-hybridized carbons (Fsp3) is 0.417. The van der Waals surface area contributed by atoms with Crippen molar-refractivity contribution >= 4 is 46.3 Å². The molecule has 1 saturated heterocycles. The Morgan fingerprint density at radius 3 is 2.69 bits per heavy atom. The number of hydrogen-bond donors (Lipinski definition) is 1. The molecule has 35 heavy (non-hydrogen) atoms. The lowest BCUT2D eigenvalue weighted by Gasteiger charge is -2.28. The predicted octanol–water partition coefficient (Wildman–Crippen LogP) is 4.06. The summed E-state index contributed by atoms with van der Waals surface area (Å²) in [5.74, 6) is 1.66. The van der Waals surface area contributed by atoms with Crippen LogP contribution in [0, 0.1) is 10.1 Å². The third-order valence-electron chi connectivity index (χ3n) is 5.70. The fourth-order valence-corrected chi connectivity index (χ4v) is 4.60. The molecule has 0 saturated carbocycles. The Morgan fingerprint density at radius 1 is 1.20 bits per heavy atom. The molecule has 0 atom stereocenters. The summed E-state index contributed by atoms with van der Waals surface area (Å²) in [4.78, 5) is 34.5. The van der Waals surface area contributed by atoms with Gasteiger partial charge in [-0.3, -0.25) is 14.9 Å². The zero-order valence-corrected chi connectivity index (χ0v) is 20.5. The predicted molar refractivity (Wildman–Crippen MR) is 138 cm³/mol. The number of non-ortho nitro benzene ring substituents is 1. The normalized spacial score (nSPS) is 14.0. The molecule has 1 aliphatic heterocycles. The Hall–Kier alpha value is -3.47. The van der Waals surface area contributed by atoms with Crippen LogP contribution in [0.5, 0.6) is 0 Å². The van der Waals surface area contributed by atoms with Gasteiger partial charge in [-0.1, -0.05) is 18.7 Å². The number of nitro groups is 1. The summed E-state index contributed by atoms with van der Waals surface area (Å²) in [6.45, 7) is 4.99. The standard InChI is InChI=1S/C24H29N7O3S/c1-2-16-35-24-27-22(29-13-4-3-5-14-29)20-17-26-30(23(20)28-24)15-12-25-21(32)11-8-18-6-9-19(10-7-18)31(33)34/h6-11,17H,2-5,12-16H2,1H3,(H,25,32)/b11-8-. The summed E-state index contributed by atoms with van der Waals surface area (Å²) in [5.41, 5.74) is 1.51. The number of hydrogen-bond acceptors (Lipinski definition) is 8. The van der Waals surface area contributed by atoms with Crippen LogP contribution in [0.25, 0.3) is 17.1 Å². The molecule has 0 bridgehead atoms. The largest absolute Gasteiger partial charge is 0.356 e. The number of fused-ring (bicyclic) bond motifs is 1. The van der Waals surface area contributed by atoms with E-state index in [2.05, 4.69) is 22.2 Å². The van der Waals surface area contributed by atoms with Crippen LogP contribution in [0.2, 0.25) is 0 Å². The van der Waals surface area contributed by atoms with Crippen molar-refractivity contribution < 1.29 is 9.72 Å². The highest BCUT2D eigenvalue weighted by molar-refractivity contribution is 7.99. The van der Waals surface area contributed by atoms with Gasteiger partial charge in [0, 0.05) is 43.6 Å². The van der Waals surface area contributed by atoms with Crippen LogP contribution in [-0.4, -0.2) is 56.0 Å². The first-order valence-electron chi connectivity index (χ1n) is 11.9. The van der Waals surface area contributed by atoms with Crippen molar-refractivity contribution in [3.63, 3.8) is 0 Å². The highest BCUT2D eigenvalue weighted by atomic mass is 32.2. The smallest absolute Gasteiger partial charge is 0.269 e. The average Bonchev–Trinajstić information content (AvgIpc) is 3.29. The molecule has 1 fully saturated rings. The van der Waals surface area contributed by atoms with Gasteiger partial charge >= 0.3 is 0 Å². The number of nitrogens with zero attached hydrogens (tertiary/aromatic N) is 6. The zero-order chi connectivity index (χ0) is 24.6. The Balaban J connectivity index is 1.42. The fourth-order valence-electron chi connectivity index (χ4n) is 3.91. The van der Waals surface area contributed by atoms with E-state index in [0.29, 0.717) is 18.7 Å². The minimum atomic E-state index is -0.453. The summed E-state index contributed by atoms with van der Waals surface area (Å²) in [7, 11) is 0.